The molecule has 3 nitrogen and oxygen atoms in total. The number of nitrogens with zero attached hydrogens (tertiary/aromatic N) is 1. The quantitative estimate of drug-likeness (QED) is 0.683. The van der Waals surface area contributed by atoms with E-state index < -0.39 is 0 Å². The molecular formula is C17H36N2O. The molecule has 2 N–H and O–H groups in total. The van der Waals surface area contributed by atoms with Crippen LogP contribution in [0, 0.1) is 11.8 Å². The molecule has 0 bridgehead atoms. The third kappa shape index (κ3) is 6.11. The number of hydrogen-bond acceptors (Lipinski definition) is 3. The van der Waals surface area contributed by atoms with Gasteiger partial charge in [-0.05, 0) is 64.3 Å². The molecule has 1 rings (SSSR count). The van der Waals surface area contributed by atoms with E-state index in [1.807, 2.05) is 0 Å². The van der Waals surface area contributed by atoms with Gasteiger partial charge in [0.05, 0.1) is 0 Å². The fourth-order valence-corrected chi connectivity index (χ4v) is 3.43. The van der Waals surface area contributed by atoms with Gasteiger partial charge >= 0.3 is 0 Å². The molecule has 0 amide bonds. The van der Waals surface area contributed by atoms with Gasteiger partial charge in [0.25, 0.3) is 0 Å². The summed E-state index contributed by atoms with van der Waals surface area (Å²) < 4.78 is 0. The summed E-state index contributed by atoms with van der Waals surface area (Å²) in [6.07, 6.45) is 6.17. The van der Waals surface area contributed by atoms with Crippen LogP contribution in [0.1, 0.15) is 59.8 Å². The summed E-state index contributed by atoms with van der Waals surface area (Å²) in [5.41, 5.74) is 0. The van der Waals surface area contributed by atoms with Crippen molar-refractivity contribution in [2.24, 2.45) is 11.8 Å². The smallest absolute Gasteiger partial charge is 0.0443 e. The summed E-state index contributed by atoms with van der Waals surface area (Å²) >= 11 is 0. The van der Waals surface area contributed by atoms with Crippen LogP contribution in [-0.4, -0.2) is 48.3 Å². The minimum atomic E-state index is 0.307. The van der Waals surface area contributed by atoms with E-state index in [0.29, 0.717) is 18.7 Å². The Morgan fingerprint density at radius 2 is 2.05 bits per heavy atom. The standard InChI is InChI=1S/C17H36N2O/c1-5-9-18-17-8-7-15(4)12-16(17)13-19(14(2)3)10-6-11-20/h14-18,20H,5-13H2,1-4H3. The van der Waals surface area contributed by atoms with Crippen molar-refractivity contribution in [1.82, 2.24) is 10.2 Å². The summed E-state index contributed by atoms with van der Waals surface area (Å²) in [5, 5.41) is 12.8. The second kappa shape index (κ2) is 9.75. The Morgan fingerprint density at radius 1 is 1.30 bits per heavy atom. The zero-order chi connectivity index (χ0) is 15.0. The molecule has 3 unspecified atom stereocenters. The Bertz CT molecular complexity index is 237. The Labute approximate surface area is 126 Å². The van der Waals surface area contributed by atoms with Gasteiger partial charge in [-0.3, -0.25) is 0 Å². The predicted molar refractivity (Wildman–Crippen MR) is 87.0 cm³/mol. The van der Waals surface area contributed by atoms with Gasteiger partial charge in [0, 0.05) is 31.8 Å². The fraction of sp³-hybridized carbons (Fsp3) is 1.00. The van der Waals surface area contributed by atoms with Crippen LogP contribution in [0.5, 0.6) is 0 Å². The molecule has 0 spiro atoms. The minimum absolute atomic E-state index is 0.307. The topological polar surface area (TPSA) is 35.5 Å². The molecule has 0 aliphatic heterocycles. The molecule has 0 aromatic carbocycles. The Kier molecular flexibility index (Phi) is 8.74. The maximum Gasteiger partial charge on any atom is 0.0443 e. The Morgan fingerprint density at radius 3 is 2.65 bits per heavy atom. The first kappa shape index (κ1) is 17.9. The van der Waals surface area contributed by atoms with Crippen molar-refractivity contribution in [2.45, 2.75) is 71.9 Å². The second-order valence-corrected chi connectivity index (χ2v) is 6.90. The highest BCUT2D eigenvalue weighted by Gasteiger charge is 2.29. The monoisotopic (exact) mass is 284 g/mol. The van der Waals surface area contributed by atoms with E-state index >= 15 is 0 Å². The molecular weight excluding hydrogens is 248 g/mol. The van der Waals surface area contributed by atoms with Crippen molar-refractivity contribution in [3.8, 4) is 0 Å². The minimum Gasteiger partial charge on any atom is -0.396 e. The Hall–Kier alpha value is -0.120. The molecule has 0 heterocycles. The SMILES string of the molecule is CCCNC1CCC(C)CC1CN(CCCO)C(C)C. The van der Waals surface area contributed by atoms with Crippen LogP contribution in [0.25, 0.3) is 0 Å². The van der Waals surface area contributed by atoms with E-state index in [1.165, 1.54) is 32.2 Å². The van der Waals surface area contributed by atoms with Crippen molar-refractivity contribution in [3.05, 3.63) is 0 Å². The lowest BCUT2D eigenvalue weighted by Gasteiger charge is -2.39. The van der Waals surface area contributed by atoms with Gasteiger partial charge in [0.2, 0.25) is 0 Å². The third-order valence-corrected chi connectivity index (χ3v) is 4.70. The van der Waals surface area contributed by atoms with Crippen molar-refractivity contribution in [1.29, 1.82) is 0 Å². The van der Waals surface area contributed by atoms with Crippen LogP contribution in [0.4, 0.5) is 0 Å². The van der Waals surface area contributed by atoms with Gasteiger partial charge in [0.15, 0.2) is 0 Å². The van der Waals surface area contributed by atoms with Crippen LogP contribution in [0.15, 0.2) is 0 Å². The van der Waals surface area contributed by atoms with E-state index in [4.69, 9.17) is 5.11 Å². The highest BCUT2D eigenvalue weighted by molar-refractivity contribution is 4.86. The zero-order valence-electron chi connectivity index (χ0n) is 14.1. The average molecular weight is 284 g/mol. The van der Waals surface area contributed by atoms with Crippen molar-refractivity contribution in [2.75, 3.05) is 26.2 Å². The lowest BCUT2D eigenvalue weighted by molar-refractivity contribution is 0.116. The number of hydrogen-bond donors (Lipinski definition) is 2. The van der Waals surface area contributed by atoms with Gasteiger partial charge in [-0.15, -0.1) is 0 Å². The molecule has 1 aliphatic rings. The van der Waals surface area contributed by atoms with Crippen molar-refractivity contribution < 1.29 is 5.11 Å². The number of nitrogens with one attached hydrogen (secondary N) is 1. The molecule has 0 saturated heterocycles. The molecule has 1 aliphatic carbocycles. The van der Waals surface area contributed by atoms with E-state index in [1.54, 1.807) is 0 Å². The van der Waals surface area contributed by atoms with E-state index in [-0.39, 0.29) is 0 Å². The molecule has 0 radical (unpaired) electrons. The summed E-state index contributed by atoms with van der Waals surface area (Å²) in [5.74, 6) is 1.64. The molecule has 1 fully saturated rings. The maximum absolute atomic E-state index is 9.07. The number of aliphatic hydroxyl groups is 1. The lowest BCUT2D eigenvalue weighted by atomic mass is 9.78. The number of aliphatic hydroxyl groups excluding tert-OH is 1. The highest BCUT2D eigenvalue weighted by atomic mass is 16.3. The normalized spacial score (nSPS) is 27.4. The van der Waals surface area contributed by atoms with E-state index in [2.05, 4.69) is 37.9 Å². The molecule has 3 heteroatoms. The summed E-state index contributed by atoms with van der Waals surface area (Å²) in [6, 6.07) is 1.27. The third-order valence-electron chi connectivity index (χ3n) is 4.70. The molecule has 0 aromatic heterocycles. The fourth-order valence-electron chi connectivity index (χ4n) is 3.43. The summed E-state index contributed by atoms with van der Waals surface area (Å²) in [7, 11) is 0. The highest BCUT2D eigenvalue weighted by Crippen LogP contribution is 2.30. The largest absolute Gasteiger partial charge is 0.396 e. The molecule has 1 saturated carbocycles. The van der Waals surface area contributed by atoms with Crippen LogP contribution < -0.4 is 5.32 Å². The van der Waals surface area contributed by atoms with Gasteiger partial charge in [-0.25, -0.2) is 0 Å². The second-order valence-electron chi connectivity index (χ2n) is 6.90. The van der Waals surface area contributed by atoms with Gasteiger partial charge < -0.3 is 15.3 Å². The van der Waals surface area contributed by atoms with Crippen molar-refractivity contribution >= 4 is 0 Å². The van der Waals surface area contributed by atoms with Gasteiger partial charge in [-0.1, -0.05) is 13.8 Å². The first-order valence-electron chi connectivity index (χ1n) is 8.66. The first-order chi connectivity index (χ1) is 9.58. The summed E-state index contributed by atoms with van der Waals surface area (Å²) in [6.45, 7) is 12.9. The Balaban J connectivity index is 2.56. The zero-order valence-corrected chi connectivity index (χ0v) is 14.1. The van der Waals surface area contributed by atoms with Gasteiger partial charge in [-0.2, -0.15) is 0 Å². The van der Waals surface area contributed by atoms with Crippen LogP contribution in [-0.2, 0) is 0 Å². The molecule has 120 valence electrons. The van der Waals surface area contributed by atoms with Crippen LogP contribution in [0.2, 0.25) is 0 Å². The van der Waals surface area contributed by atoms with E-state index in [0.717, 1.165) is 31.3 Å². The number of rotatable bonds is 9. The van der Waals surface area contributed by atoms with Crippen molar-refractivity contribution in [3.63, 3.8) is 0 Å². The first-order valence-corrected chi connectivity index (χ1v) is 8.66. The molecule has 20 heavy (non-hydrogen) atoms. The van der Waals surface area contributed by atoms with Crippen LogP contribution >= 0.6 is 0 Å². The average Bonchev–Trinajstić information content (AvgIpc) is 2.42. The lowest BCUT2D eigenvalue weighted by Crippen LogP contribution is -2.47. The molecule has 3 atom stereocenters. The molecule has 0 aromatic rings. The van der Waals surface area contributed by atoms with E-state index in [9.17, 15) is 0 Å². The van der Waals surface area contributed by atoms with Crippen LogP contribution in [0.3, 0.4) is 0 Å². The van der Waals surface area contributed by atoms with Gasteiger partial charge in [0.1, 0.15) is 0 Å². The maximum atomic E-state index is 9.07. The predicted octanol–water partition coefficient (Wildman–Crippen LogP) is 2.88. The summed E-state index contributed by atoms with van der Waals surface area (Å²) in [4.78, 5) is 2.56.